The summed E-state index contributed by atoms with van der Waals surface area (Å²) in [6, 6.07) is 12.5. The van der Waals surface area contributed by atoms with Crippen LogP contribution in [0.4, 0.5) is 10.5 Å². The van der Waals surface area contributed by atoms with E-state index in [1.54, 1.807) is 17.3 Å². The highest BCUT2D eigenvalue weighted by atomic mass is 16.2. The summed E-state index contributed by atoms with van der Waals surface area (Å²) in [6.07, 6.45) is 5.78. The van der Waals surface area contributed by atoms with Crippen molar-refractivity contribution in [2.24, 2.45) is 0 Å². The van der Waals surface area contributed by atoms with Gasteiger partial charge in [0.15, 0.2) is 0 Å². The van der Waals surface area contributed by atoms with Gasteiger partial charge in [0, 0.05) is 31.2 Å². The van der Waals surface area contributed by atoms with Gasteiger partial charge in [-0.1, -0.05) is 24.3 Å². The summed E-state index contributed by atoms with van der Waals surface area (Å²) in [5.41, 5.74) is 1.81. The average molecular weight is 338 g/mol. The van der Waals surface area contributed by atoms with Crippen LogP contribution in [0.2, 0.25) is 0 Å². The van der Waals surface area contributed by atoms with Crippen molar-refractivity contribution in [3.8, 4) is 0 Å². The van der Waals surface area contributed by atoms with Crippen molar-refractivity contribution in [3.63, 3.8) is 0 Å². The molecule has 1 aliphatic rings. The van der Waals surface area contributed by atoms with Crippen LogP contribution in [0.25, 0.3) is 0 Å². The maximum atomic E-state index is 12.5. The molecule has 6 nitrogen and oxygen atoms in total. The molecule has 2 N–H and O–H groups in total. The molecular weight excluding hydrogens is 316 g/mol. The number of aromatic nitrogens is 1. The molecule has 1 saturated heterocycles. The highest BCUT2D eigenvalue weighted by Gasteiger charge is 2.33. The van der Waals surface area contributed by atoms with Crippen molar-refractivity contribution < 1.29 is 9.59 Å². The molecule has 3 rings (SSSR count). The molecular formula is C19H22N4O2. The third-order valence-electron chi connectivity index (χ3n) is 4.28. The number of carbonyl (C=O) groups is 2. The smallest absolute Gasteiger partial charge is 0.322 e. The van der Waals surface area contributed by atoms with Gasteiger partial charge in [-0.25, -0.2) is 4.79 Å². The Bertz CT molecular complexity index is 706. The Balaban J connectivity index is 1.51. The Labute approximate surface area is 147 Å². The van der Waals surface area contributed by atoms with Crippen molar-refractivity contribution in [3.05, 3.63) is 60.4 Å². The van der Waals surface area contributed by atoms with Crippen LogP contribution in [0.15, 0.2) is 54.9 Å². The molecule has 0 saturated carbocycles. The van der Waals surface area contributed by atoms with Crippen molar-refractivity contribution in [2.45, 2.75) is 25.3 Å². The van der Waals surface area contributed by atoms with Crippen LogP contribution >= 0.6 is 0 Å². The molecule has 1 fully saturated rings. The van der Waals surface area contributed by atoms with Gasteiger partial charge in [0.25, 0.3) is 0 Å². The average Bonchev–Trinajstić information content (AvgIpc) is 3.13. The second-order valence-corrected chi connectivity index (χ2v) is 6.05. The molecule has 1 aromatic carbocycles. The molecule has 1 atom stereocenters. The van der Waals surface area contributed by atoms with Gasteiger partial charge in [0.1, 0.15) is 6.04 Å². The number of carbonyl (C=O) groups excluding carboxylic acids is 2. The standard InChI is InChI=1S/C19H22N4O2/c24-18(21-12-10-15-6-4-11-20-14-15)17-9-5-13-23(17)19(25)22-16-7-2-1-3-8-16/h1-4,6-8,11,14,17H,5,9-10,12-13H2,(H,21,24)(H,22,25)/t17-/m0/s1. The highest BCUT2D eigenvalue weighted by molar-refractivity contribution is 5.94. The predicted molar refractivity (Wildman–Crippen MR) is 96.1 cm³/mol. The van der Waals surface area contributed by atoms with Crippen LogP contribution in [0.5, 0.6) is 0 Å². The van der Waals surface area contributed by atoms with Crippen LogP contribution in [-0.4, -0.2) is 41.0 Å². The lowest BCUT2D eigenvalue weighted by molar-refractivity contribution is -0.124. The number of urea groups is 1. The summed E-state index contributed by atoms with van der Waals surface area (Å²) in [5, 5.41) is 5.78. The number of para-hydroxylation sites is 1. The first-order valence-electron chi connectivity index (χ1n) is 8.53. The minimum absolute atomic E-state index is 0.0930. The molecule has 0 radical (unpaired) electrons. The number of nitrogens with zero attached hydrogens (tertiary/aromatic N) is 2. The number of pyridine rings is 1. The lowest BCUT2D eigenvalue weighted by Gasteiger charge is -2.24. The van der Waals surface area contributed by atoms with E-state index >= 15 is 0 Å². The fourth-order valence-electron chi connectivity index (χ4n) is 2.99. The number of hydrogen-bond acceptors (Lipinski definition) is 3. The quantitative estimate of drug-likeness (QED) is 0.879. The normalized spacial score (nSPS) is 16.5. The summed E-state index contributed by atoms with van der Waals surface area (Å²) in [7, 11) is 0. The number of amides is 3. The van der Waals surface area contributed by atoms with Crippen LogP contribution in [0.1, 0.15) is 18.4 Å². The number of rotatable bonds is 5. The second kappa shape index (κ2) is 8.28. The molecule has 2 heterocycles. The second-order valence-electron chi connectivity index (χ2n) is 6.05. The van der Waals surface area contributed by atoms with E-state index in [9.17, 15) is 9.59 Å². The zero-order valence-electron chi connectivity index (χ0n) is 14.0. The Morgan fingerprint density at radius 3 is 2.76 bits per heavy atom. The fourth-order valence-corrected chi connectivity index (χ4v) is 2.99. The molecule has 0 unspecified atom stereocenters. The Kier molecular flexibility index (Phi) is 5.61. The molecule has 0 aliphatic carbocycles. The van der Waals surface area contributed by atoms with Crippen LogP contribution in [0.3, 0.4) is 0 Å². The van der Waals surface area contributed by atoms with Gasteiger partial charge in [-0.2, -0.15) is 0 Å². The summed E-state index contributed by atoms with van der Waals surface area (Å²) in [4.78, 5) is 30.6. The monoisotopic (exact) mass is 338 g/mol. The first-order chi connectivity index (χ1) is 12.2. The van der Waals surface area contributed by atoms with Crippen molar-refractivity contribution in [1.29, 1.82) is 0 Å². The number of hydrogen-bond donors (Lipinski definition) is 2. The summed E-state index contributed by atoms with van der Waals surface area (Å²) in [6.45, 7) is 1.13. The van der Waals surface area contributed by atoms with Crippen LogP contribution < -0.4 is 10.6 Å². The van der Waals surface area contributed by atoms with Crippen molar-refractivity contribution in [1.82, 2.24) is 15.2 Å². The van der Waals surface area contributed by atoms with Crippen molar-refractivity contribution in [2.75, 3.05) is 18.4 Å². The van der Waals surface area contributed by atoms with Crippen LogP contribution in [0, 0.1) is 0 Å². The first kappa shape index (κ1) is 17.0. The zero-order chi connectivity index (χ0) is 17.5. The molecule has 0 bridgehead atoms. The van der Waals surface area contributed by atoms with E-state index in [2.05, 4.69) is 15.6 Å². The number of anilines is 1. The Hall–Kier alpha value is -2.89. The van der Waals surface area contributed by atoms with E-state index < -0.39 is 6.04 Å². The van der Waals surface area contributed by atoms with E-state index in [4.69, 9.17) is 0 Å². The van der Waals surface area contributed by atoms with E-state index in [0.717, 1.165) is 24.1 Å². The molecule has 1 aromatic heterocycles. The number of benzene rings is 1. The highest BCUT2D eigenvalue weighted by Crippen LogP contribution is 2.19. The minimum atomic E-state index is -0.405. The number of likely N-dealkylation sites (tertiary alicyclic amines) is 1. The Morgan fingerprint density at radius 1 is 1.16 bits per heavy atom. The van der Waals surface area contributed by atoms with Gasteiger partial charge in [0.05, 0.1) is 0 Å². The molecule has 0 spiro atoms. The molecule has 25 heavy (non-hydrogen) atoms. The van der Waals surface area contributed by atoms with E-state index in [1.807, 2.05) is 42.5 Å². The van der Waals surface area contributed by atoms with Gasteiger partial charge < -0.3 is 15.5 Å². The predicted octanol–water partition coefficient (Wildman–Crippen LogP) is 2.44. The van der Waals surface area contributed by atoms with Gasteiger partial charge in [-0.3, -0.25) is 9.78 Å². The fraction of sp³-hybridized carbons (Fsp3) is 0.316. The lowest BCUT2D eigenvalue weighted by atomic mass is 10.2. The molecule has 3 amide bonds. The summed E-state index contributed by atoms with van der Waals surface area (Å²) >= 11 is 0. The molecule has 6 heteroatoms. The van der Waals surface area contributed by atoms with Gasteiger partial charge >= 0.3 is 6.03 Å². The SMILES string of the molecule is O=C(NCCc1cccnc1)[C@@H]1CCCN1C(=O)Nc1ccccc1. The van der Waals surface area contributed by atoms with Crippen molar-refractivity contribution >= 4 is 17.6 Å². The Morgan fingerprint density at radius 2 is 2.00 bits per heavy atom. The molecule has 1 aliphatic heterocycles. The maximum Gasteiger partial charge on any atom is 0.322 e. The molecule has 130 valence electrons. The third kappa shape index (κ3) is 4.56. The van der Waals surface area contributed by atoms with E-state index in [1.165, 1.54) is 0 Å². The van der Waals surface area contributed by atoms with Gasteiger partial charge in [-0.05, 0) is 43.0 Å². The largest absolute Gasteiger partial charge is 0.354 e. The van der Waals surface area contributed by atoms with Gasteiger partial charge in [0.2, 0.25) is 5.91 Å². The number of nitrogens with one attached hydrogen (secondary N) is 2. The topological polar surface area (TPSA) is 74.3 Å². The zero-order valence-corrected chi connectivity index (χ0v) is 14.0. The maximum absolute atomic E-state index is 12.5. The van der Waals surface area contributed by atoms with Gasteiger partial charge in [-0.15, -0.1) is 0 Å². The summed E-state index contributed by atoms with van der Waals surface area (Å²) < 4.78 is 0. The minimum Gasteiger partial charge on any atom is -0.354 e. The lowest BCUT2D eigenvalue weighted by Crippen LogP contribution is -2.47. The van der Waals surface area contributed by atoms with E-state index in [-0.39, 0.29) is 11.9 Å². The summed E-state index contributed by atoms with van der Waals surface area (Å²) in [5.74, 6) is -0.0930. The first-order valence-corrected chi connectivity index (χ1v) is 8.53. The third-order valence-corrected chi connectivity index (χ3v) is 4.28. The molecule has 2 aromatic rings. The van der Waals surface area contributed by atoms with Crippen LogP contribution in [-0.2, 0) is 11.2 Å². The van der Waals surface area contributed by atoms with E-state index in [0.29, 0.717) is 19.5 Å².